The van der Waals surface area contributed by atoms with Crippen LogP contribution in [0.2, 0.25) is 0 Å². The van der Waals surface area contributed by atoms with Gasteiger partial charge in [-0.05, 0) is 30.0 Å². The van der Waals surface area contributed by atoms with Crippen molar-refractivity contribution >= 4 is 33.1 Å². The van der Waals surface area contributed by atoms with Gasteiger partial charge in [-0.15, -0.1) is 11.3 Å². The Balaban J connectivity index is 2.88. The van der Waals surface area contributed by atoms with Crippen LogP contribution < -0.4 is 5.73 Å². The second-order valence-corrected chi connectivity index (χ2v) is 4.02. The van der Waals surface area contributed by atoms with E-state index in [9.17, 15) is 4.79 Å². The Bertz CT molecular complexity index is 516. The third-order valence-electron chi connectivity index (χ3n) is 2.25. The molecule has 0 saturated carbocycles. The fourth-order valence-electron chi connectivity index (χ4n) is 1.51. The SMILES string of the molecule is Cc1c(C(=O)O)cc(N)c2ccsc12. The van der Waals surface area contributed by atoms with Crippen molar-refractivity contribution < 1.29 is 9.90 Å². The zero-order chi connectivity index (χ0) is 10.3. The average Bonchev–Trinajstić information content (AvgIpc) is 2.59. The van der Waals surface area contributed by atoms with E-state index < -0.39 is 5.97 Å². The number of fused-ring (bicyclic) bond motifs is 1. The zero-order valence-corrected chi connectivity index (χ0v) is 8.39. The van der Waals surface area contributed by atoms with Crippen molar-refractivity contribution in [1.82, 2.24) is 0 Å². The molecule has 1 aromatic carbocycles. The Hall–Kier alpha value is -1.55. The van der Waals surface area contributed by atoms with Crippen LogP contribution in [-0.4, -0.2) is 11.1 Å². The summed E-state index contributed by atoms with van der Waals surface area (Å²) in [4.78, 5) is 10.9. The minimum Gasteiger partial charge on any atom is -0.478 e. The molecule has 0 fully saturated rings. The number of aromatic carboxylic acids is 1. The van der Waals surface area contributed by atoms with Gasteiger partial charge < -0.3 is 10.8 Å². The Morgan fingerprint density at radius 1 is 1.57 bits per heavy atom. The van der Waals surface area contributed by atoms with Crippen LogP contribution in [0.3, 0.4) is 0 Å². The van der Waals surface area contributed by atoms with Crippen molar-refractivity contribution in [2.24, 2.45) is 0 Å². The molecule has 4 heteroatoms. The molecule has 3 N–H and O–H groups in total. The van der Waals surface area contributed by atoms with E-state index in [0.29, 0.717) is 5.69 Å². The second kappa shape index (κ2) is 2.99. The topological polar surface area (TPSA) is 63.3 Å². The number of hydrogen-bond acceptors (Lipinski definition) is 3. The number of carboxylic acids is 1. The van der Waals surface area contributed by atoms with Crippen molar-refractivity contribution in [3.63, 3.8) is 0 Å². The Kier molecular flexibility index (Phi) is 1.93. The summed E-state index contributed by atoms with van der Waals surface area (Å²) in [6, 6.07) is 3.43. The lowest BCUT2D eigenvalue weighted by Crippen LogP contribution is -2.01. The van der Waals surface area contributed by atoms with Crippen molar-refractivity contribution in [2.75, 3.05) is 5.73 Å². The second-order valence-electron chi connectivity index (χ2n) is 3.11. The molecule has 2 aromatic rings. The van der Waals surface area contributed by atoms with E-state index in [-0.39, 0.29) is 5.56 Å². The Morgan fingerprint density at radius 3 is 2.93 bits per heavy atom. The molecule has 72 valence electrons. The maximum atomic E-state index is 10.9. The Labute approximate surface area is 84.8 Å². The number of benzene rings is 1. The predicted octanol–water partition coefficient (Wildman–Crippen LogP) is 2.49. The van der Waals surface area contributed by atoms with Gasteiger partial charge in [0.1, 0.15) is 0 Å². The minimum absolute atomic E-state index is 0.289. The summed E-state index contributed by atoms with van der Waals surface area (Å²) in [5.74, 6) is -0.926. The number of anilines is 1. The molecule has 0 aliphatic rings. The van der Waals surface area contributed by atoms with Crippen molar-refractivity contribution in [2.45, 2.75) is 6.92 Å². The van der Waals surface area contributed by atoms with Gasteiger partial charge in [0, 0.05) is 15.8 Å². The number of hydrogen-bond donors (Lipinski definition) is 2. The fraction of sp³-hybridized carbons (Fsp3) is 0.100. The van der Waals surface area contributed by atoms with E-state index in [4.69, 9.17) is 10.8 Å². The molecule has 0 bridgehead atoms. The van der Waals surface area contributed by atoms with Gasteiger partial charge in [-0.25, -0.2) is 4.79 Å². The van der Waals surface area contributed by atoms with E-state index in [1.54, 1.807) is 0 Å². The van der Waals surface area contributed by atoms with Crippen LogP contribution in [0.5, 0.6) is 0 Å². The van der Waals surface area contributed by atoms with Crippen LogP contribution in [0, 0.1) is 6.92 Å². The third kappa shape index (κ3) is 1.15. The standard InChI is InChI=1S/C10H9NO2S/c1-5-7(10(12)13)4-8(11)6-2-3-14-9(5)6/h2-4H,11H2,1H3,(H,12,13). The largest absolute Gasteiger partial charge is 0.478 e. The number of nitrogens with two attached hydrogens (primary N) is 1. The fourth-order valence-corrected chi connectivity index (χ4v) is 2.45. The summed E-state index contributed by atoms with van der Waals surface area (Å²) in [6.07, 6.45) is 0. The molecule has 0 aliphatic heterocycles. The molecule has 2 rings (SSSR count). The smallest absolute Gasteiger partial charge is 0.336 e. The normalized spacial score (nSPS) is 10.6. The molecule has 0 atom stereocenters. The highest BCUT2D eigenvalue weighted by Gasteiger charge is 2.13. The maximum absolute atomic E-state index is 10.9. The predicted molar refractivity (Wildman–Crippen MR) is 57.9 cm³/mol. The summed E-state index contributed by atoms with van der Waals surface area (Å²) in [5.41, 5.74) is 7.36. The van der Waals surface area contributed by atoms with Gasteiger partial charge in [-0.2, -0.15) is 0 Å². The van der Waals surface area contributed by atoms with Crippen LogP contribution in [-0.2, 0) is 0 Å². The summed E-state index contributed by atoms with van der Waals surface area (Å²) >= 11 is 1.52. The maximum Gasteiger partial charge on any atom is 0.336 e. The van der Waals surface area contributed by atoms with E-state index in [2.05, 4.69) is 0 Å². The molecule has 0 saturated heterocycles. The molecule has 0 unspecified atom stereocenters. The summed E-state index contributed by atoms with van der Waals surface area (Å²) in [5, 5.41) is 11.8. The van der Waals surface area contributed by atoms with Crippen LogP contribution in [0.15, 0.2) is 17.5 Å². The highest BCUT2D eigenvalue weighted by molar-refractivity contribution is 7.17. The highest BCUT2D eigenvalue weighted by atomic mass is 32.1. The van der Waals surface area contributed by atoms with Gasteiger partial charge in [0.05, 0.1) is 5.56 Å². The van der Waals surface area contributed by atoms with E-state index in [0.717, 1.165) is 15.6 Å². The first-order valence-corrected chi connectivity index (χ1v) is 4.99. The first-order valence-electron chi connectivity index (χ1n) is 4.11. The van der Waals surface area contributed by atoms with Crippen LogP contribution in [0.1, 0.15) is 15.9 Å². The lowest BCUT2D eigenvalue weighted by molar-refractivity contribution is 0.0696. The van der Waals surface area contributed by atoms with Gasteiger partial charge in [0.2, 0.25) is 0 Å². The van der Waals surface area contributed by atoms with Gasteiger partial charge in [0.15, 0.2) is 0 Å². The molecule has 14 heavy (non-hydrogen) atoms. The highest BCUT2D eigenvalue weighted by Crippen LogP contribution is 2.31. The molecule has 0 amide bonds. The number of rotatable bonds is 1. The molecular formula is C10H9NO2S. The summed E-state index contributed by atoms with van der Waals surface area (Å²) in [6.45, 7) is 1.81. The molecule has 0 radical (unpaired) electrons. The van der Waals surface area contributed by atoms with Crippen molar-refractivity contribution in [3.8, 4) is 0 Å². The molecule has 1 aromatic heterocycles. The molecule has 1 heterocycles. The minimum atomic E-state index is -0.926. The van der Waals surface area contributed by atoms with E-state index in [1.807, 2.05) is 18.4 Å². The Morgan fingerprint density at radius 2 is 2.29 bits per heavy atom. The van der Waals surface area contributed by atoms with E-state index in [1.165, 1.54) is 17.4 Å². The summed E-state index contributed by atoms with van der Waals surface area (Å²) in [7, 11) is 0. The number of carboxylic acid groups (broad SMARTS) is 1. The van der Waals surface area contributed by atoms with Crippen molar-refractivity contribution in [1.29, 1.82) is 0 Å². The van der Waals surface area contributed by atoms with Crippen molar-refractivity contribution in [3.05, 3.63) is 28.6 Å². The average molecular weight is 207 g/mol. The van der Waals surface area contributed by atoms with Gasteiger partial charge in [-0.3, -0.25) is 0 Å². The lowest BCUT2D eigenvalue weighted by Gasteiger charge is -2.04. The molecular weight excluding hydrogens is 198 g/mol. The number of nitrogen functional groups attached to an aromatic ring is 1. The molecule has 0 aliphatic carbocycles. The zero-order valence-electron chi connectivity index (χ0n) is 7.57. The van der Waals surface area contributed by atoms with Crippen LogP contribution >= 0.6 is 11.3 Å². The lowest BCUT2D eigenvalue weighted by atomic mass is 10.1. The third-order valence-corrected chi connectivity index (χ3v) is 3.29. The number of aryl methyl sites for hydroxylation is 1. The number of thiophene rings is 1. The summed E-state index contributed by atoms with van der Waals surface area (Å²) < 4.78 is 0.961. The first-order chi connectivity index (χ1) is 6.61. The molecule has 3 nitrogen and oxygen atoms in total. The van der Waals surface area contributed by atoms with E-state index >= 15 is 0 Å². The molecule has 0 spiro atoms. The van der Waals surface area contributed by atoms with Gasteiger partial charge in [0.25, 0.3) is 0 Å². The monoisotopic (exact) mass is 207 g/mol. The van der Waals surface area contributed by atoms with Gasteiger partial charge >= 0.3 is 5.97 Å². The quantitative estimate of drug-likeness (QED) is 0.706. The number of carbonyl (C=O) groups is 1. The van der Waals surface area contributed by atoms with Crippen LogP contribution in [0.4, 0.5) is 5.69 Å². The van der Waals surface area contributed by atoms with Crippen LogP contribution in [0.25, 0.3) is 10.1 Å². The van der Waals surface area contributed by atoms with Gasteiger partial charge in [-0.1, -0.05) is 0 Å². The first kappa shape index (κ1) is 9.02.